The third-order valence-corrected chi connectivity index (χ3v) is 5.99. The summed E-state index contributed by atoms with van der Waals surface area (Å²) in [7, 11) is 1.78. The van der Waals surface area contributed by atoms with Crippen molar-refractivity contribution in [2.45, 2.75) is 44.9 Å². The van der Waals surface area contributed by atoms with Crippen LogP contribution in [0.3, 0.4) is 0 Å². The number of carbonyl (C=O) groups excluding carboxylic acids is 2. The van der Waals surface area contributed by atoms with E-state index in [1.54, 1.807) is 11.9 Å². The van der Waals surface area contributed by atoms with Gasteiger partial charge < -0.3 is 16.0 Å². The van der Waals surface area contributed by atoms with Crippen molar-refractivity contribution < 1.29 is 9.59 Å². The summed E-state index contributed by atoms with van der Waals surface area (Å²) in [5, 5.41) is 2.99. The number of nitrogens with two attached hydrogens (primary N) is 1. The van der Waals surface area contributed by atoms with Gasteiger partial charge in [0.2, 0.25) is 11.8 Å². The zero-order valence-electron chi connectivity index (χ0n) is 17.2. The molecular formula is C24H31N3O2. The number of para-hydroxylation sites is 1. The monoisotopic (exact) mass is 393 g/mol. The highest BCUT2D eigenvalue weighted by Gasteiger charge is 2.32. The van der Waals surface area contributed by atoms with Crippen LogP contribution in [-0.4, -0.2) is 25.4 Å². The van der Waals surface area contributed by atoms with E-state index in [0.29, 0.717) is 19.4 Å². The Kier molecular flexibility index (Phi) is 7.04. The van der Waals surface area contributed by atoms with E-state index in [1.807, 2.05) is 54.6 Å². The smallest absolute Gasteiger partial charge is 0.231 e. The molecule has 0 radical (unpaired) electrons. The van der Waals surface area contributed by atoms with E-state index in [1.165, 1.54) is 6.42 Å². The second kappa shape index (κ2) is 9.70. The second-order valence-electron chi connectivity index (χ2n) is 8.15. The van der Waals surface area contributed by atoms with E-state index in [-0.39, 0.29) is 17.2 Å². The fourth-order valence-corrected chi connectivity index (χ4v) is 4.10. The Morgan fingerprint density at radius 3 is 2.28 bits per heavy atom. The van der Waals surface area contributed by atoms with Gasteiger partial charge in [-0.15, -0.1) is 0 Å². The quantitative estimate of drug-likeness (QED) is 0.743. The van der Waals surface area contributed by atoms with Gasteiger partial charge in [-0.2, -0.15) is 0 Å². The third kappa shape index (κ3) is 5.67. The highest BCUT2D eigenvalue weighted by molar-refractivity contribution is 5.94. The summed E-state index contributed by atoms with van der Waals surface area (Å²) in [4.78, 5) is 26.7. The second-order valence-corrected chi connectivity index (χ2v) is 8.15. The maximum atomic E-state index is 12.5. The van der Waals surface area contributed by atoms with Gasteiger partial charge >= 0.3 is 0 Å². The van der Waals surface area contributed by atoms with Crippen LogP contribution in [0.25, 0.3) is 0 Å². The van der Waals surface area contributed by atoms with Crippen molar-refractivity contribution in [1.29, 1.82) is 0 Å². The third-order valence-electron chi connectivity index (χ3n) is 5.99. The summed E-state index contributed by atoms with van der Waals surface area (Å²) in [6.07, 6.45) is 6.42. The summed E-state index contributed by atoms with van der Waals surface area (Å²) in [6, 6.07) is 17.1. The Morgan fingerprint density at radius 1 is 1.00 bits per heavy atom. The number of likely N-dealkylation sites (N-methyl/N-ethyl adjacent to an activating group) is 1. The average Bonchev–Trinajstić information content (AvgIpc) is 2.75. The van der Waals surface area contributed by atoms with E-state index in [9.17, 15) is 9.59 Å². The summed E-state index contributed by atoms with van der Waals surface area (Å²) in [5.74, 6) is 0.0418. The van der Waals surface area contributed by atoms with Crippen LogP contribution in [0.5, 0.6) is 0 Å². The predicted molar refractivity (Wildman–Crippen MR) is 118 cm³/mol. The summed E-state index contributed by atoms with van der Waals surface area (Å²) < 4.78 is 0. The summed E-state index contributed by atoms with van der Waals surface area (Å²) >= 11 is 0. The molecule has 1 aliphatic rings. The number of nitrogens with one attached hydrogen (secondary N) is 1. The molecule has 154 valence electrons. The SMILES string of the molecule is CN(C(=O)Cc1ccc(NC(=O)CC2(CN)CCCCC2)cc1)c1ccccc1. The van der Waals surface area contributed by atoms with Gasteiger partial charge in [-0.05, 0) is 54.6 Å². The lowest BCUT2D eigenvalue weighted by atomic mass is 9.71. The van der Waals surface area contributed by atoms with Crippen LogP contribution < -0.4 is 16.0 Å². The van der Waals surface area contributed by atoms with Crippen molar-refractivity contribution >= 4 is 23.2 Å². The number of carbonyl (C=O) groups is 2. The zero-order chi connectivity index (χ0) is 20.7. The number of nitrogens with zero attached hydrogens (tertiary/aromatic N) is 1. The van der Waals surface area contributed by atoms with Gasteiger partial charge in [0, 0.05) is 24.8 Å². The molecule has 0 atom stereocenters. The molecule has 0 heterocycles. The molecule has 0 saturated heterocycles. The Bertz CT molecular complexity index is 812. The van der Waals surface area contributed by atoms with Crippen molar-refractivity contribution in [3.05, 3.63) is 60.2 Å². The van der Waals surface area contributed by atoms with Gasteiger partial charge in [-0.3, -0.25) is 9.59 Å². The first-order valence-corrected chi connectivity index (χ1v) is 10.4. The lowest BCUT2D eigenvalue weighted by Gasteiger charge is -2.35. The number of benzene rings is 2. The van der Waals surface area contributed by atoms with Gasteiger partial charge in [0.05, 0.1) is 6.42 Å². The maximum absolute atomic E-state index is 12.5. The molecule has 5 nitrogen and oxygen atoms in total. The zero-order valence-corrected chi connectivity index (χ0v) is 17.2. The molecule has 1 saturated carbocycles. The lowest BCUT2D eigenvalue weighted by molar-refractivity contribution is -0.119. The fourth-order valence-electron chi connectivity index (χ4n) is 4.10. The molecule has 0 spiro atoms. The van der Waals surface area contributed by atoms with Gasteiger partial charge in [0.25, 0.3) is 0 Å². The van der Waals surface area contributed by atoms with Crippen LogP contribution in [0.4, 0.5) is 11.4 Å². The van der Waals surface area contributed by atoms with Crippen molar-refractivity contribution in [3.8, 4) is 0 Å². The molecule has 1 fully saturated rings. The Labute approximate surface area is 173 Å². The highest BCUT2D eigenvalue weighted by Crippen LogP contribution is 2.38. The van der Waals surface area contributed by atoms with E-state index < -0.39 is 0 Å². The minimum Gasteiger partial charge on any atom is -0.330 e. The van der Waals surface area contributed by atoms with Crippen molar-refractivity contribution in [1.82, 2.24) is 0 Å². The first-order valence-electron chi connectivity index (χ1n) is 10.4. The Morgan fingerprint density at radius 2 is 1.66 bits per heavy atom. The first kappa shape index (κ1) is 21.1. The van der Waals surface area contributed by atoms with Crippen LogP contribution in [-0.2, 0) is 16.0 Å². The van der Waals surface area contributed by atoms with Gasteiger partial charge in [-0.1, -0.05) is 49.6 Å². The van der Waals surface area contributed by atoms with Crippen LogP contribution >= 0.6 is 0 Å². The lowest BCUT2D eigenvalue weighted by Crippen LogP contribution is -2.36. The van der Waals surface area contributed by atoms with Crippen LogP contribution in [0, 0.1) is 5.41 Å². The highest BCUT2D eigenvalue weighted by atomic mass is 16.2. The molecule has 0 aromatic heterocycles. The minimum atomic E-state index is -0.0449. The molecule has 0 bridgehead atoms. The number of hydrogen-bond donors (Lipinski definition) is 2. The molecule has 3 N–H and O–H groups in total. The molecule has 29 heavy (non-hydrogen) atoms. The van der Waals surface area contributed by atoms with E-state index in [2.05, 4.69) is 5.32 Å². The fraction of sp³-hybridized carbons (Fsp3) is 0.417. The molecule has 2 aromatic carbocycles. The minimum absolute atomic E-state index is 0.0185. The maximum Gasteiger partial charge on any atom is 0.231 e. The van der Waals surface area contributed by atoms with Crippen molar-refractivity contribution in [2.24, 2.45) is 11.1 Å². The number of amides is 2. The molecule has 3 rings (SSSR count). The predicted octanol–water partition coefficient (Wildman–Crippen LogP) is 4.13. The standard InChI is InChI=1S/C24H31N3O2/c1-27(21-8-4-2-5-9-21)23(29)16-19-10-12-20(13-11-19)26-22(28)17-24(18-25)14-6-3-7-15-24/h2,4-5,8-13H,3,6-7,14-18,25H2,1H3,(H,26,28). The molecule has 0 unspecified atom stereocenters. The number of rotatable bonds is 7. The van der Waals surface area contributed by atoms with E-state index in [0.717, 1.165) is 42.6 Å². The Hall–Kier alpha value is -2.66. The van der Waals surface area contributed by atoms with Crippen LogP contribution in [0.15, 0.2) is 54.6 Å². The van der Waals surface area contributed by atoms with Crippen molar-refractivity contribution in [3.63, 3.8) is 0 Å². The molecule has 0 aliphatic heterocycles. The van der Waals surface area contributed by atoms with Gasteiger partial charge in [-0.25, -0.2) is 0 Å². The largest absolute Gasteiger partial charge is 0.330 e. The first-order chi connectivity index (χ1) is 14.0. The van der Waals surface area contributed by atoms with E-state index >= 15 is 0 Å². The van der Waals surface area contributed by atoms with E-state index in [4.69, 9.17) is 5.73 Å². The molecule has 5 heteroatoms. The molecule has 2 amide bonds. The summed E-state index contributed by atoms with van der Waals surface area (Å²) in [6.45, 7) is 0.566. The van der Waals surface area contributed by atoms with Crippen LogP contribution in [0.1, 0.15) is 44.1 Å². The van der Waals surface area contributed by atoms with Gasteiger partial charge in [0.15, 0.2) is 0 Å². The summed E-state index contributed by atoms with van der Waals surface area (Å²) in [5.41, 5.74) is 8.50. The normalized spacial score (nSPS) is 15.5. The molecule has 2 aromatic rings. The topological polar surface area (TPSA) is 75.4 Å². The molecule has 1 aliphatic carbocycles. The number of anilines is 2. The average molecular weight is 394 g/mol. The number of hydrogen-bond acceptors (Lipinski definition) is 3. The molecular weight excluding hydrogens is 362 g/mol. The van der Waals surface area contributed by atoms with Crippen LogP contribution in [0.2, 0.25) is 0 Å². The van der Waals surface area contributed by atoms with Gasteiger partial charge in [0.1, 0.15) is 0 Å². The van der Waals surface area contributed by atoms with Crippen molar-refractivity contribution in [2.75, 3.05) is 23.8 Å². The Balaban J connectivity index is 1.54.